The topological polar surface area (TPSA) is 183 Å². The molecule has 2 aliphatic heterocycles. The van der Waals surface area contributed by atoms with Gasteiger partial charge in [-0.3, -0.25) is 4.90 Å². The molecule has 0 saturated carbocycles. The lowest BCUT2D eigenvalue weighted by molar-refractivity contribution is -0.694. The number of benzene rings is 7. The van der Waals surface area contributed by atoms with Gasteiger partial charge in [0.15, 0.2) is 29.9 Å². The summed E-state index contributed by atoms with van der Waals surface area (Å²) in [4.78, 5) is 5.64. The molecule has 0 bridgehead atoms. The molecule has 2 aliphatic rings. The van der Waals surface area contributed by atoms with Crippen molar-refractivity contribution in [3.05, 3.63) is 220 Å². The molecule has 96 heavy (non-hydrogen) atoms. The second kappa shape index (κ2) is 29.2. The van der Waals surface area contributed by atoms with Gasteiger partial charge in [0.1, 0.15) is 11.9 Å². The van der Waals surface area contributed by atoms with Gasteiger partial charge in [0.2, 0.25) is 11.5 Å². The van der Waals surface area contributed by atoms with Crippen molar-refractivity contribution in [2.45, 2.75) is 84.6 Å². The Kier molecular flexibility index (Phi) is 21.2. The minimum Gasteiger partial charge on any atom is -0.748 e. The average Bonchev–Trinajstić information content (AvgIpc) is 1.61. The lowest BCUT2D eigenvalue weighted by Crippen LogP contribution is -2.48. The summed E-state index contributed by atoms with van der Waals surface area (Å²) in [7, 11) is -8.82. The Morgan fingerprint density at radius 2 is 1.31 bits per heavy atom. The highest BCUT2D eigenvalue weighted by molar-refractivity contribution is 7.85. The number of rotatable bonds is 22. The van der Waals surface area contributed by atoms with Crippen molar-refractivity contribution in [2.75, 3.05) is 39.3 Å². The van der Waals surface area contributed by atoms with Gasteiger partial charge in [-0.05, 0) is 109 Å². The largest absolute Gasteiger partial charge is 0.748 e. The monoisotopic (exact) mass is 1400 g/mol. The van der Waals surface area contributed by atoms with E-state index < -0.39 is 72.9 Å². The number of aromatic nitrogens is 3. The van der Waals surface area contributed by atoms with Crippen molar-refractivity contribution in [2.24, 2.45) is 0 Å². The number of allylic oxidation sites excluding steroid dienone is 4. The molecule has 0 fully saturated rings. The van der Waals surface area contributed by atoms with Crippen LogP contribution in [0.15, 0.2) is 192 Å². The number of oxazole rings is 1. The fraction of sp³-hybridized carbons (Fsp3) is 0.243. The van der Waals surface area contributed by atoms with Gasteiger partial charge in [-0.1, -0.05) is 127 Å². The number of imidazole rings is 1. The first-order valence-electron chi connectivity index (χ1n) is 30.4. The van der Waals surface area contributed by atoms with E-state index in [9.17, 15) is 61.9 Å². The fourth-order valence-electron chi connectivity index (χ4n) is 11.5. The van der Waals surface area contributed by atoms with Gasteiger partial charge < -0.3 is 28.1 Å². The summed E-state index contributed by atoms with van der Waals surface area (Å²) >= 11 is 12.2. The fourth-order valence-corrected chi connectivity index (χ4v) is 13.1. The van der Waals surface area contributed by atoms with Crippen molar-refractivity contribution in [1.82, 2.24) is 4.57 Å². The van der Waals surface area contributed by atoms with Crippen LogP contribution >= 0.6 is 23.2 Å². The molecule has 15 nitrogen and oxygen atoms in total. The quantitative estimate of drug-likeness (QED) is 0.0271. The van der Waals surface area contributed by atoms with Crippen LogP contribution in [-0.4, -0.2) is 67.5 Å². The van der Waals surface area contributed by atoms with E-state index in [4.69, 9.17) is 32.4 Å². The molecule has 0 amide bonds. The van der Waals surface area contributed by atoms with Gasteiger partial charge in [0, 0.05) is 67.1 Å². The predicted octanol–water partition coefficient (Wildman–Crippen LogP) is 16.4. The number of para-hydroxylation sites is 1. The molecule has 9 aromatic rings. The Labute approximate surface area is 560 Å². The van der Waals surface area contributed by atoms with Gasteiger partial charge in [-0.15, -0.1) is 0 Å². The summed E-state index contributed by atoms with van der Waals surface area (Å²) in [6, 6.07) is 49.2. The number of hydrogen-bond acceptors (Lipinski definition) is 12. The third-order valence-corrected chi connectivity index (χ3v) is 18.3. The minimum absolute atomic E-state index is 0.00459. The predicted molar refractivity (Wildman–Crippen MR) is 355 cm³/mol. The Morgan fingerprint density at radius 3 is 1.92 bits per heavy atom. The molecule has 0 atom stereocenters. The summed E-state index contributed by atoms with van der Waals surface area (Å²) in [6.45, 7) is 4.69. The molecule has 500 valence electrons. The van der Waals surface area contributed by atoms with Gasteiger partial charge in [0.05, 0.1) is 71.1 Å². The zero-order valence-electron chi connectivity index (χ0n) is 51.8. The van der Waals surface area contributed by atoms with Crippen LogP contribution in [-0.2, 0) is 46.0 Å². The molecule has 0 saturated heterocycles. The molecule has 0 spiro atoms. The first-order chi connectivity index (χ1) is 45.7. The Morgan fingerprint density at radius 1 is 0.688 bits per heavy atom. The second-order valence-corrected chi connectivity index (χ2v) is 26.2. The molecule has 0 radical (unpaired) electrons. The van der Waals surface area contributed by atoms with Gasteiger partial charge in [0.25, 0.3) is 11.3 Å². The highest BCUT2D eigenvalue weighted by atomic mass is 35.5. The van der Waals surface area contributed by atoms with Crippen LogP contribution in [0, 0.1) is 11.3 Å². The first kappa shape index (κ1) is 69.9. The van der Waals surface area contributed by atoms with Crippen molar-refractivity contribution in [3.8, 4) is 34.1 Å². The maximum atomic E-state index is 14.5. The third-order valence-electron chi connectivity index (χ3n) is 16.1. The van der Waals surface area contributed by atoms with Crippen molar-refractivity contribution < 1.29 is 75.0 Å². The standard InChI is InChI=1S/C40H34N2O5S.C30H28Cl2F7N5O3S/c1-2-29(25-39-41(23-12-24-48(43,44)45)35-27-32(19-21-37(35)46-39)30-13-6-3-7-14-30)26-40-42(34-17-10-5-11-18-34)36-28-33(20-22-38(36)47-40)31-15-8-4-9-16-31;1-3-41-24-14-20(31)18(16-40)12-22(24)43(10-5-6-11-48(45,46)47)26(41)8-7-9-27-42(4-2)25-15-21(32)19(30(37,38)39)13-23(25)44(27)17-29(35,36)28(33)34/h3-11,13-22,25-28H,2,12,23-24H2,1H3;7-9,12-15,28H,3-6,10-11,17H2,1-2H3. The van der Waals surface area contributed by atoms with Crippen LogP contribution in [0.25, 0.3) is 56.5 Å². The number of alkyl halides is 7. The summed E-state index contributed by atoms with van der Waals surface area (Å²) in [5.74, 6) is -3.35. The van der Waals surface area contributed by atoms with Crippen LogP contribution in [0.2, 0.25) is 10.0 Å². The van der Waals surface area contributed by atoms with E-state index in [2.05, 4.69) is 48.2 Å². The molecule has 11 rings (SSSR count). The first-order valence-corrected chi connectivity index (χ1v) is 34.3. The molecular formula is C70H62Cl2F7N7O8S2. The van der Waals surface area contributed by atoms with Gasteiger partial charge in [-0.2, -0.15) is 31.8 Å². The zero-order chi connectivity index (χ0) is 68.9. The van der Waals surface area contributed by atoms with Crippen LogP contribution in [0.5, 0.6) is 5.75 Å². The highest BCUT2D eigenvalue weighted by Crippen LogP contribution is 2.48. The van der Waals surface area contributed by atoms with Crippen LogP contribution in [0.3, 0.4) is 0 Å². The van der Waals surface area contributed by atoms with E-state index in [1.54, 1.807) is 29.7 Å². The summed E-state index contributed by atoms with van der Waals surface area (Å²) < 4.78 is 182. The number of hydrogen-bond donors (Lipinski definition) is 0. The van der Waals surface area contributed by atoms with E-state index in [0.29, 0.717) is 64.7 Å². The van der Waals surface area contributed by atoms with Crippen LogP contribution < -0.4 is 28.6 Å². The van der Waals surface area contributed by atoms with Crippen molar-refractivity contribution in [1.29, 1.82) is 5.26 Å². The normalized spacial score (nSPS) is 14.5. The van der Waals surface area contributed by atoms with Crippen molar-refractivity contribution >= 4 is 100 Å². The van der Waals surface area contributed by atoms with E-state index in [-0.39, 0.29) is 54.3 Å². The number of unbranched alkanes of at least 4 members (excludes halogenated alkanes) is 1. The molecule has 0 aliphatic carbocycles. The van der Waals surface area contributed by atoms with Crippen LogP contribution in [0.4, 0.5) is 53.5 Å². The maximum absolute atomic E-state index is 14.5. The Bertz CT molecular complexity index is 4770. The molecule has 0 N–H and O–H groups in total. The third kappa shape index (κ3) is 15.8. The minimum atomic E-state index is -4.96. The molecule has 0 unspecified atom stereocenters. The smallest absolute Gasteiger partial charge is 0.418 e. The van der Waals surface area contributed by atoms with Crippen LogP contribution in [0.1, 0.15) is 69.3 Å². The number of nitrogens with zero attached hydrogens (tertiary/aromatic N) is 7. The zero-order valence-corrected chi connectivity index (χ0v) is 54.9. The average molecular weight is 1400 g/mol. The molecule has 7 aromatic carbocycles. The number of halogens is 9. The van der Waals surface area contributed by atoms with E-state index in [1.165, 1.54) is 28.9 Å². The number of anilines is 4. The second-order valence-electron chi connectivity index (χ2n) is 22.4. The van der Waals surface area contributed by atoms with Gasteiger partial charge >= 0.3 is 24.4 Å². The highest BCUT2D eigenvalue weighted by Gasteiger charge is 2.46. The molecule has 4 heterocycles. The Balaban J connectivity index is 0.000000209. The molecular weight excluding hydrogens is 1330 g/mol. The number of nitriles is 1. The molecule has 26 heteroatoms. The van der Waals surface area contributed by atoms with E-state index >= 15 is 0 Å². The number of ether oxygens (including phenoxy) is 1. The summed E-state index contributed by atoms with van der Waals surface area (Å²) in [5, 5.41) is 9.01. The van der Waals surface area contributed by atoms with E-state index in [0.717, 1.165) is 56.5 Å². The summed E-state index contributed by atoms with van der Waals surface area (Å²) in [6.07, 6.45) is 0.231. The Hall–Kier alpha value is -8.96. The molecule has 2 aromatic heterocycles. The lowest BCUT2D eigenvalue weighted by atomic mass is 10.0. The van der Waals surface area contributed by atoms with E-state index in [1.807, 2.05) is 114 Å². The number of fused-ring (bicyclic) bond motifs is 4. The lowest BCUT2D eigenvalue weighted by Gasteiger charge is -2.24. The number of aryl methyl sites for hydroxylation is 2. The summed E-state index contributed by atoms with van der Waals surface area (Å²) in [5.41, 5.74) is 8.16. The van der Waals surface area contributed by atoms with Gasteiger partial charge in [-0.25, -0.2) is 34.8 Å². The maximum Gasteiger partial charge on any atom is 0.418 e. The SMILES string of the molecule is CCC(=Cc1oc2ccc(-c3ccccc3)cc2[n+]1CCCS(=O)(=O)[O-])C=C1Oc2ccc(-c3ccccc3)cc2N1c1ccccc1.CCN1C(=CC=Cc2n(CC)c3cc(Cl)c(C(F)(F)F)cc3[n+]2CC(F)(F)C(F)F)N(CCCCS(=O)(=O)[O-])c2cc(C#N)c(Cl)cc21. The van der Waals surface area contributed by atoms with Crippen molar-refractivity contribution in [3.63, 3.8) is 0 Å².